The summed E-state index contributed by atoms with van der Waals surface area (Å²) in [5, 5.41) is 0.237. The van der Waals surface area contributed by atoms with E-state index in [1.165, 1.54) is 12.1 Å². The molecular formula is C9H5BrF2N2S. The van der Waals surface area contributed by atoms with Crippen molar-refractivity contribution in [3.63, 3.8) is 0 Å². The highest BCUT2D eigenvalue weighted by Crippen LogP contribution is 2.29. The van der Waals surface area contributed by atoms with Crippen LogP contribution >= 0.6 is 27.5 Å². The Morgan fingerprint density at radius 2 is 2.07 bits per heavy atom. The topological polar surface area (TPSA) is 25.8 Å². The molecular weight excluding hydrogens is 286 g/mol. The Labute approximate surface area is 97.3 Å². The van der Waals surface area contributed by atoms with Gasteiger partial charge in [-0.05, 0) is 46.0 Å². The van der Waals surface area contributed by atoms with Gasteiger partial charge in [-0.15, -0.1) is 0 Å². The van der Waals surface area contributed by atoms with Crippen LogP contribution in [0.1, 0.15) is 5.56 Å². The van der Waals surface area contributed by atoms with Crippen LogP contribution in [0.25, 0.3) is 10.6 Å². The molecule has 0 aliphatic heterocycles. The van der Waals surface area contributed by atoms with Gasteiger partial charge in [0.05, 0.1) is 5.56 Å². The molecule has 0 bridgehead atoms. The zero-order valence-electron chi connectivity index (χ0n) is 7.59. The minimum absolute atomic E-state index is 0.113. The van der Waals surface area contributed by atoms with Crippen molar-refractivity contribution in [3.05, 3.63) is 34.1 Å². The summed E-state index contributed by atoms with van der Waals surface area (Å²) in [6, 6.07) is 2.62. The van der Waals surface area contributed by atoms with Crippen molar-refractivity contribution in [2.75, 3.05) is 0 Å². The molecule has 15 heavy (non-hydrogen) atoms. The smallest absolute Gasteiger partial charge is 0.208 e. The quantitative estimate of drug-likeness (QED) is 0.803. The Morgan fingerprint density at radius 3 is 2.67 bits per heavy atom. The molecule has 1 aromatic heterocycles. The van der Waals surface area contributed by atoms with E-state index in [0.29, 0.717) is 10.3 Å². The first-order valence-corrected chi connectivity index (χ1v) is 5.60. The molecule has 6 heteroatoms. The molecule has 0 amide bonds. The van der Waals surface area contributed by atoms with Crippen LogP contribution in [0.3, 0.4) is 0 Å². The Balaban J connectivity index is 2.66. The van der Waals surface area contributed by atoms with Gasteiger partial charge >= 0.3 is 0 Å². The largest absolute Gasteiger partial charge is 0.209 e. The van der Waals surface area contributed by atoms with Gasteiger partial charge in [0.1, 0.15) is 11.6 Å². The van der Waals surface area contributed by atoms with Crippen LogP contribution in [0.5, 0.6) is 0 Å². The lowest BCUT2D eigenvalue weighted by Crippen LogP contribution is -1.92. The van der Waals surface area contributed by atoms with Gasteiger partial charge in [-0.25, -0.2) is 13.8 Å². The average molecular weight is 291 g/mol. The van der Waals surface area contributed by atoms with Gasteiger partial charge in [0.15, 0.2) is 5.01 Å². The van der Waals surface area contributed by atoms with E-state index >= 15 is 0 Å². The van der Waals surface area contributed by atoms with E-state index < -0.39 is 11.6 Å². The fourth-order valence-corrected chi connectivity index (χ4v) is 2.28. The molecule has 0 unspecified atom stereocenters. The molecule has 2 aromatic rings. The summed E-state index contributed by atoms with van der Waals surface area (Å²) in [5.41, 5.74) is 0.274. The molecule has 0 saturated heterocycles. The standard InChI is InChI=1S/C9H5BrF2N2S/c1-4-2-3-5(11)6(7(4)12)8-13-9(10)14-15-8/h2-3H,1H3. The van der Waals surface area contributed by atoms with Crippen molar-refractivity contribution in [2.45, 2.75) is 6.92 Å². The van der Waals surface area contributed by atoms with E-state index in [1.54, 1.807) is 6.92 Å². The zero-order chi connectivity index (χ0) is 11.0. The van der Waals surface area contributed by atoms with E-state index in [4.69, 9.17) is 0 Å². The maximum atomic E-state index is 13.6. The zero-order valence-corrected chi connectivity index (χ0v) is 9.99. The van der Waals surface area contributed by atoms with Gasteiger partial charge < -0.3 is 0 Å². The Kier molecular flexibility index (Phi) is 2.79. The van der Waals surface area contributed by atoms with Crippen molar-refractivity contribution >= 4 is 27.5 Å². The van der Waals surface area contributed by atoms with Crippen LogP contribution < -0.4 is 0 Å². The van der Waals surface area contributed by atoms with E-state index in [0.717, 1.165) is 11.5 Å². The first-order valence-electron chi connectivity index (χ1n) is 4.04. The molecule has 0 atom stereocenters. The van der Waals surface area contributed by atoms with Crippen molar-refractivity contribution in [3.8, 4) is 10.6 Å². The van der Waals surface area contributed by atoms with Crippen LogP contribution in [0, 0.1) is 18.6 Å². The van der Waals surface area contributed by atoms with Crippen molar-refractivity contribution in [1.29, 1.82) is 0 Å². The van der Waals surface area contributed by atoms with Gasteiger partial charge in [-0.3, -0.25) is 0 Å². The van der Waals surface area contributed by atoms with Crippen molar-refractivity contribution < 1.29 is 8.78 Å². The van der Waals surface area contributed by atoms with E-state index in [1.807, 2.05) is 0 Å². The average Bonchev–Trinajstić information content (AvgIpc) is 2.59. The molecule has 2 nitrogen and oxygen atoms in total. The highest BCUT2D eigenvalue weighted by atomic mass is 79.9. The second kappa shape index (κ2) is 3.94. The molecule has 78 valence electrons. The van der Waals surface area contributed by atoms with E-state index in [-0.39, 0.29) is 10.6 Å². The molecule has 0 fully saturated rings. The number of nitrogens with zero attached hydrogens (tertiary/aromatic N) is 2. The predicted molar refractivity (Wildman–Crippen MR) is 57.7 cm³/mol. The monoisotopic (exact) mass is 290 g/mol. The summed E-state index contributed by atoms with van der Waals surface area (Å²) < 4.78 is 31.2. The fraction of sp³-hybridized carbons (Fsp3) is 0.111. The summed E-state index contributed by atoms with van der Waals surface area (Å²) >= 11 is 3.99. The third-order valence-electron chi connectivity index (χ3n) is 1.90. The molecule has 1 heterocycles. The Bertz CT molecular complexity index is 513. The molecule has 2 rings (SSSR count). The number of hydrogen-bond donors (Lipinski definition) is 0. The number of aromatic nitrogens is 2. The second-order valence-corrected chi connectivity index (χ2v) is 4.38. The third-order valence-corrected chi connectivity index (χ3v) is 3.22. The lowest BCUT2D eigenvalue weighted by Gasteiger charge is -2.02. The number of benzene rings is 1. The first kappa shape index (κ1) is 10.6. The van der Waals surface area contributed by atoms with Gasteiger partial charge in [-0.1, -0.05) is 6.07 Å². The summed E-state index contributed by atoms with van der Waals surface area (Å²) in [5.74, 6) is -1.21. The molecule has 0 aliphatic carbocycles. The third kappa shape index (κ3) is 1.91. The number of halogens is 3. The Hall–Kier alpha value is -0.880. The van der Waals surface area contributed by atoms with Crippen LogP contribution in [0.4, 0.5) is 8.78 Å². The normalized spacial score (nSPS) is 10.7. The summed E-state index contributed by atoms with van der Waals surface area (Å²) in [4.78, 5) is 3.89. The highest BCUT2D eigenvalue weighted by Gasteiger charge is 2.17. The summed E-state index contributed by atoms with van der Waals surface area (Å²) in [7, 11) is 0. The molecule has 0 spiro atoms. The first-order chi connectivity index (χ1) is 7.09. The van der Waals surface area contributed by atoms with E-state index in [9.17, 15) is 8.78 Å². The van der Waals surface area contributed by atoms with Gasteiger partial charge in [0.2, 0.25) is 4.73 Å². The number of hydrogen-bond acceptors (Lipinski definition) is 3. The van der Waals surface area contributed by atoms with Crippen molar-refractivity contribution in [1.82, 2.24) is 9.36 Å². The van der Waals surface area contributed by atoms with Crippen molar-refractivity contribution in [2.24, 2.45) is 0 Å². The minimum atomic E-state index is -0.623. The predicted octanol–water partition coefficient (Wildman–Crippen LogP) is 3.55. The minimum Gasteiger partial charge on any atom is -0.208 e. The van der Waals surface area contributed by atoms with Crippen LogP contribution in [-0.2, 0) is 0 Å². The van der Waals surface area contributed by atoms with Crippen LogP contribution in [0.15, 0.2) is 16.9 Å². The number of aryl methyl sites for hydroxylation is 1. The maximum absolute atomic E-state index is 13.6. The van der Waals surface area contributed by atoms with Gasteiger partial charge in [0, 0.05) is 0 Å². The molecule has 1 aromatic carbocycles. The SMILES string of the molecule is Cc1ccc(F)c(-c2nc(Br)ns2)c1F. The second-order valence-electron chi connectivity index (χ2n) is 2.92. The summed E-state index contributed by atoms with van der Waals surface area (Å²) in [6.07, 6.45) is 0. The van der Waals surface area contributed by atoms with Gasteiger partial charge in [0.25, 0.3) is 0 Å². The Morgan fingerprint density at radius 1 is 1.33 bits per heavy atom. The lowest BCUT2D eigenvalue weighted by atomic mass is 10.1. The van der Waals surface area contributed by atoms with E-state index in [2.05, 4.69) is 25.3 Å². The van der Waals surface area contributed by atoms with Gasteiger partial charge in [-0.2, -0.15) is 4.37 Å². The molecule has 0 N–H and O–H groups in total. The lowest BCUT2D eigenvalue weighted by molar-refractivity contribution is 0.583. The highest BCUT2D eigenvalue weighted by molar-refractivity contribution is 9.10. The van der Waals surface area contributed by atoms with Crippen LogP contribution in [0.2, 0.25) is 0 Å². The summed E-state index contributed by atoms with van der Waals surface area (Å²) in [6.45, 7) is 1.58. The maximum Gasteiger partial charge on any atom is 0.209 e. The fourth-order valence-electron chi connectivity index (χ4n) is 1.16. The molecule has 0 radical (unpaired) electrons. The molecule has 0 aliphatic rings. The molecule has 0 saturated carbocycles. The number of rotatable bonds is 1. The van der Waals surface area contributed by atoms with Crippen LogP contribution in [-0.4, -0.2) is 9.36 Å².